The van der Waals surface area contributed by atoms with E-state index >= 15 is 0 Å². The van der Waals surface area contributed by atoms with E-state index < -0.39 is 0 Å². The lowest BCUT2D eigenvalue weighted by molar-refractivity contribution is -0.115. The molecule has 3 aromatic rings. The van der Waals surface area contributed by atoms with Crippen molar-refractivity contribution in [3.63, 3.8) is 0 Å². The highest BCUT2D eigenvalue weighted by Crippen LogP contribution is 2.24. The molecule has 2 aromatic heterocycles. The lowest BCUT2D eigenvalue weighted by Gasteiger charge is -2.07. The molecule has 2 heterocycles. The number of carbonyl (C=O) groups is 1. The summed E-state index contributed by atoms with van der Waals surface area (Å²) in [4.78, 5) is 19.7. The molecule has 1 unspecified atom stereocenters. The number of aromatic nitrogens is 3. The molecule has 0 aliphatic carbocycles. The molecule has 0 spiro atoms. The summed E-state index contributed by atoms with van der Waals surface area (Å²) >= 11 is 1.36. The first-order chi connectivity index (χ1) is 10.1. The summed E-state index contributed by atoms with van der Waals surface area (Å²) in [5.74, 6) is 0.200. The van der Waals surface area contributed by atoms with Gasteiger partial charge in [0.05, 0.1) is 22.0 Å². The molecule has 7 heteroatoms. The summed E-state index contributed by atoms with van der Waals surface area (Å²) < 4.78 is 4.97. The molecule has 0 radical (unpaired) electrons. The molecule has 6 nitrogen and oxygen atoms in total. The Kier molecular flexibility index (Phi) is 3.66. The number of imidazole rings is 1. The number of aromatic amines is 1. The Hall–Kier alpha value is -2.28. The van der Waals surface area contributed by atoms with Gasteiger partial charge in [-0.05, 0) is 26.0 Å². The van der Waals surface area contributed by atoms with Crippen LogP contribution in [0.2, 0.25) is 0 Å². The fourth-order valence-corrected chi connectivity index (χ4v) is 2.67. The highest BCUT2D eigenvalue weighted by atomic mass is 32.2. The van der Waals surface area contributed by atoms with E-state index in [4.69, 9.17) is 4.52 Å². The summed E-state index contributed by atoms with van der Waals surface area (Å²) in [5, 5.41) is 6.82. The maximum absolute atomic E-state index is 12.1. The second-order valence-electron chi connectivity index (χ2n) is 4.64. The first kappa shape index (κ1) is 13.7. The van der Waals surface area contributed by atoms with E-state index in [2.05, 4.69) is 20.4 Å². The van der Waals surface area contributed by atoms with Gasteiger partial charge in [-0.2, -0.15) is 0 Å². The van der Waals surface area contributed by atoms with E-state index in [1.165, 1.54) is 11.8 Å². The number of amides is 1. The van der Waals surface area contributed by atoms with Crippen molar-refractivity contribution in [1.82, 2.24) is 15.1 Å². The summed E-state index contributed by atoms with van der Waals surface area (Å²) in [6.07, 6.45) is 0. The Morgan fingerprint density at radius 3 is 2.95 bits per heavy atom. The van der Waals surface area contributed by atoms with Gasteiger partial charge < -0.3 is 9.51 Å². The summed E-state index contributed by atoms with van der Waals surface area (Å²) in [5.41, 5.74) is 2.57. The SMILES string of the molecule is Cc1cc(NC(=O)C(C)Sc2nc3ccccc3[nH]2)on1. The highest BCUT2D eigenvalue weighted by molar-refractivity contribution is 8.00. The first-order valence-corrected chi connectivity index (χ1v) is 7.35. The molecule has 1 aromatic carbocycles. The minimum absolute atomic E-state index is 0.156. The molecule has 0 bridgehead atoms. The number of nitrogens with zero attached hydrogens (tertiary/aromatic N) is 2. The summed E-state index contributed by atoms with van der Waals surface area (Å²) in [6, 6.07) is 9.43. The molecule has 21 heavy (non-hydrogen) atoms. The Morgan fingerprint density at radius 2 is 2.24 bits per heavy atom. The fraction of sp³-hybridized carbons (Fsp3) is 0.214. The smallest absolute Gasteiger partial charge is 0.240 e. The molecule has 0 aliphatic rings. The van der Waals surface area contributed by atoms with E-state index in [-0.39, 0.29) is 11.2 Å². The topological polar surface area (TPSA) is 83.8 Å². The van der Waals surface area contributed by atoms with Gasteiger partial charge in [-0.3, -0.25) is 10.1 Å². The number of benzene rings is 1. The molecular weight excluding hydrogens is 288 g/mol. The molecule has 0 aliphatic heterocycles. The van der Waals surface area contributed by atoms with Gasteiger partial charge in [-0.1, -0.05) is 29.1 Å². The Morgan fingerprint density at radius 1 is 1.43 bits per heavy atom. The van der Waals surface area contributed by atoms with Crippen molar-refractivity contribution in [2.24, 2.45) is 0 Å². The van der Waals surface area contributed by atoms with Crippen LogP contribution in [-0.4, -0.2) is 26.3 Å². The van der Waals surface area contributed by atoms with Crippen molar-refractivity contribution in [1.29, 1.82) is 0 Å². The van der Waals surface area contributed by atoms with Crippen molar-refractivity contribution in [3.05, 3.63) is 36.0 Å². The van der Waals surface area contributed by atoms with Crippen LogP contribution in [-0.2, 0) is 4.79 Å². The summed E-state index contributed by atoms with van der Waals surface area (Å²) in [6.45, 7) is 3.61. The summed E-state index contributed by atoms with van der Waals surface area (Å²) in [7, 11) is 0. The third-order valence-corrected chi connectivity index (χ3v) is 3.88. The predicted molar refractivity (Wildman–Crippen MR) is 81.3 cm³/mol. The maximum Gasteiger partial charge on any atom is 0.240 e. The van der Waals surface area contributed by atoms with E-state index in [1.54, 1.807) is 13.0 Å². The molecular formula is C14H14N4O2S. The van der Waals surface area contributed by atoms with Gasteiger partial charge in [-0.25, -0.2) is 4.98 Å². The van der Waals surface area contributed by atoms with Crippen molar-refractivity contribution in [3.8, 4) is 0 Å². The lowest BCUT2D eigenvalue weighted by Crippen LogP contribution is -2.22. The average molecular weight is 302 g/mol. The number of H-pyrrole nitrogens is 1. The van der Waals surface area contributed by atoms with E-state index in [9.17, 15) is 4.79 Å². The average Bonchev–Trinajstić information content (AvgIpc) is 3.04. The van der Waals surface area contributed by atoms with Crippen molar-refractivity contribution in [2.75, 3.05) is 5.32 Å². The highest BCUT2D eigenvalue weighted by Gasteiger charge is 2.18. The zero-order valence-corrected chi connectivity index (χ0v) is 12.4. The number of carbonyl (C=O) groups excluding carboxylic acids is 1. The van der Waals surface area contributed by atoms with Gasteiger partial charge in [0.15, 0.2) is 5.16 Å². The van der Waals surface area contributed by atoms with Crippen LogP contribution in [0.3, 0.4) is 0 Å². The van der Waals surface area contributed by atoms with Crippen LogP contribution in [0.25, 0.3) is 11.0 Å². The molecule has 0 saturated heterocycles. The molecule has 108 valence electrons. The third kappa shape index (κ3) is 3.08. The number of para-hydroxylation sites is 2. The van der Waals surface area contributed by atoms with Crippen molar-refractivity contribution in [2.45, 2.75) is 24.3 Å². The molecule has 0 fully saturated rings. The minimum atomic E-state index is -0.309. The van der Waals surface area contributed by atoms with Crippen LogP contribution in [0, 0.1) is 6.92 Å². The predicted octanol–water partition coefficient (Wildman–Crippen LogP) is 2.98. The van der Waals surface area contributed by atoms with Gasteiger partial charge in [0, 0.05) is 6.07 Å². The van der Waals surface area contributed by atoms with E-state index in [0.717, 1.165) is 16.7 Å². The number of aryl methyl sites for hydroxylation is 1. The van der Waals surface area contributed by atoms with Crippen LogP contribution >= 0.6 is 11.8 Å². The van der Waals surface area contributed by atoms with Crippen LogP contribution < -0.4 is 5.32 Å². The molecule has 3 rings (SSSR count). The lowest BCUT2D eigenvalue weighted by atomic mass is 10.3. The number of thioether (sulfide) groups is 1. The van der Waals surface area contributed by atoms with Crippen molar-refractivity contribution >= 4 is 34.6 Å². The monoisotopic (exact) mass is 302 g/mol. The second kappa shape index (κ2) is 5.61. The number of anilines is 1. The Balaban J connectivity index is 1.67. The number of rotatable bonds is 4. The second-order valence-corrected chi connectivity index (χ2v) is 5.97. The number of fused-ring (bicyclic) bond motifs is 1. The molecule has 2 N–H and O–H groups in total. The van der Waals surface area contributed by atoms with Crippen LogP contribution in [0.1, 0.15) is 12.6 Å². The van der Waals surface area contributed by atoms with Crippen LogP contribution in [0.15, 0.2) is 40.0 Å². The van der Waals surface area contributed by atoms with E-state index in [0.29, 0.717) is 11.0 Å². The Bertz CT molecular complexity index is 747. The fourth-order valence-electron chi connectivity index (χ4n) is 1.85. The quantitative estimate of drug-likeness (QED) is 0.724. The number of hydrogen-bond acceptors (Lipinski definition) is 5. The molecule has 1 amide bonds. The number of hydrogen-bond donors (Lipinski definition) is 2. The zero-order chi connectivity index (χ0) is 14.8. The van der Waals surface area contributed by atoms with Gasteiger partial charge >= 0.3 is 0 Å². The standard InChI is InChI=1S/C14H14N4O2S/c1-8-7-12(20-18-8)17-13(19)9(2)21-14-15-10-5-3-4-6-11(10)16-14/h3-7,9H,1-2H3,(H,15,16)(H,17,19). The Labute approximate surface area is 125 Å². The van der Waals surface area contributed by atoms with E-state index in [1.807, 2.05) is 31.2 Å². The van der Waals surface area contributed by atoms with Gasteiger partial charge in [0.25, 0.3) is 0 Å². The largest absolute Gasteiger partial charge is 0.338 e. The minimum Gasteiger partial charge on any atom is -0.338 e. The molecule has 0 saturated carbocycles. The maximum atomic E-state index is 12.1. The van der Waals surface area contributed by atoms with Crippen LogP contribution in [0.4, 0.5) is 5.88 Å². The zero-order valence-electron chi connectivity index (χ0n) is 11.6. The van der Waals surface area contributed by atoms with Crippen LogP contribution in [0.5, 0.6) is 0 Å². The number of nitrogens with one attached hydrogen (secondary N) is 2. The first-order valence-electron chi connectivity index (χ1n) is 6.47. The van der Waals surface area contributed by atoms with Gasteiger partial charge in [0.1, 0.15) is 0 Å². The molecule has 1 atom stereocenters. The van der Waals surface area contributed by atoms with Gasteiger partial charge in [0.2, 0.25) is 11.8 Å². The van der Waals surface area contributed by atoms with Crippen molar-refractivity contribution < 1.29 is 9.32 Å². The normalized spacial score (nSPS) is 12.5. The third-order valence-electron chi connectivity index (χ3n) is 2.90. The van der Waals surface area contributed by atoms with Gasteiger partial charge in [-0.15, -0.1) is 0 Å².